The maximum atomic E-state index is 11.9. The number of aliphatic carboxylic acids is 1. The second-order valence-electron chi connectivity index (χ2n) is 4.86. The second-order valence-corrected chi connectivity index (χ2v) is 4.86. The van der Waals surface area contributed by atoms with Crippen molar-refractivity contribution in [3.05, 3.63) is 29.8 Å². The molecule has 19 heavy (non-hydrogen) atoms. The predicted molar refractivity (Wildman–Crippen MR) is 75.4 cm³/mol. The van der Waals surface area contributed by atoms with Gasteiger partial charge in [-0.15, -0.1) is 0 Å². The third-order valence-corrected chi connectivity index (χ3v) is 3.53. The van der Waals surface area contributed by atoms with Crippen LogP contribution in [0, 0.1) is 5.92 Å². The molecule has 1 N–H and O–H groups in total. The lowest BCUT2D eigenvalue weighted by Gasteiger charge is -2.20. The van der Waals surface area contributed by atoms with Crippen molar-refractivity contribution in [2.75, 3.05) is 11.9 Å². The maximum Gasteiger partial charge on any atom is 0.315 e. The van der Waals surface area contributed by atoms with Crippen LogP contribution in [0.25, 0.3) is 0 Å². The molecule has 0 saturated heterocycles. The Bertz CT molecular complexity index is 453. The van der Waals surface area contributed by atoms with Crippen molar-refractivity contribution >= 4 is 17.6 Å². The van der Waals surface area contributed by atoms with Gasteiger partial charge in [0.05, 0.1) is 0 Å². The molecular formula is C15H21NO3. The predicted octanol–water partition coefficient (Wildman–Crippen LogP) is 2.88. The van der Waals surface area contributed by atoms with E-state index >= 15 is 0 Å². The lowest BCUT2D eigenvalue weighted by molar-refractivity contribution is -0.145. The number of nitrogens with zero attached hydrogens (tertiary/aromatic N) is 1. The van der Waals surface area contributed by atoms with Crippen LogP contribution in [-0.4, -0.2) is 24.0 Å². The number of carbonyl (C=O) groups is 2. The zero-order valence-corrected chi connectivity index (χ0v) is 11.9. The number of amides is 1. The average molecular weight is 263 g/mol. The largest absolute Gasteiger partial charge is 0.481 e. The molecule has 0 radical (unpaired) electrons. The van der Waals surface area contributed by atoms with Crippen molar-refractivity contribution in [3.63, 3.8) is 0 Å². The maximum absolute atomic E-state index is 11.9. The van der Waals surface area contributed by atoms with Crippen molar-refractivity contribution in [2.24, 2.45) is 5.92 Å². The van der Waals surface area contributed by atoms with E-state index in [1.54, 1.807) is 7.05 Å². The van der Waals surface area contributed by atoms with Gasteiger partial charge in [0.25, 0.3) is 0 Å². The summed E-state index contributed by atoms with van der Waals surface area (Å²) in [6, 6.07) is 7.68. The molecule has 0 aliphatic carbocycles. The van der Waals surface area contributed by atoms with E-state index in [-0.39, 0.29) is 0 Å². The lowest BCUT2D eigenvalue weighted by atomic mass is 9.98. The molecule has 4 nitrogen and oxygen atoms in total. The van der Waals surface area contributed by atoms with Gasteiger partial charge in [0.1, 0.15) is 5.92 Å². The van der Waals surface area contributed by atoms with Crippen molar-refractivity contribution < 1.29 is 14.7 Å². The molecule has 1 rings (SSSR count). The number of benzene rings is 1. The van der Waals surface area contributed by atoms with E-state index in [0.717, 1.165) is 6.42 Å². The van der Waals surface area contributed by atoms with E-state index in [1.807, 2.05) is 24.3 Å². The fourth-order valence-corrected chi connectivity index (χ4v) is 1.79. The summed E-state index contributed by atoms with van der Waals surface area (Å²) < 4.78 is 0. The fraction of sp³-hybridized carbons (Fsp3) is 0.467. The molecule has 0 spiro atoms. The fourth-order valence-electron chi connectivity index (χ4n) is 1.79. The number of anilines is 1. The molecule has 2 atom stereocenters. The van der Waals surface area contributed by atoms with Crippen molar-refractivity contribution in [1.29, 1.82) is 0 Å². The molecule has 0 aliphatic heterocycles. The molecule has 1 amide bonds. The highest BCUT2D eigenvalue weighted by atomic mass is 16.4. The number of carboxylic acid groups (broad SMARTS) is 1. The van der Waals surface area contributed by atoms with Crippen LogP contribution in [0.15, 0.2) is 24.3 Å². The van der Waals surface area contributed by atoms with Gasteiger partial charge in [-0.05, 0) is 37.0 Å². The first-order valence-corrected chi connectivity index (χ1v) is 6.48. The van der Waals surface area contributed by atoms with E-state index in [4.69, 9.17) is 5.11 Å². The Morgan fingerprint density at radius 2 is 1.74 bits per heavy atom. The average Bonchev–Trinajstić information content (AvgIpc) is 2.44. The molecule has 0 fully saturated rings. The van der Waals surface area contributed by atoms with Crippen molar-refractivity contribution in [1.82, 2.24) is 0 Å². The molecule has 0 bridgehead atoms. The molecule has 104 valence electrons. The number of hydrogen-bond acceptors (Lipinski definition) is 2. The quantitative estimate of drug-likeness (QED) is 0.831. The zero-order chi connectivity index (χ0) is 14.6. The first-order valence-electron chi connectivity index (χ1n) is 6.48. The van der Waals surface area contributed by atoms with Gasteiger partial charge in [-0.3, -0.25) is 9.59 Å². The van der Waals surface area contributed by atoms with Gasteiger partial charge in [0.15, 0.2) is 0 Å². The molecule has 0 aliphatic rings. The molecule has 0 aromatic heterocycles. The van der Waals surface area contributed by atoms with E-state index in [9.17, 15) is 9.59 Å². The normalized spacial score (nSPS) is 13.7. The van der Waals surface area contributed by atoms with Crippen molar-refractivity contribution in [2.45, 2.75) is 33.1 Å². The van der Waals surface area contributed by atoms with Gasteiger partial charge in [-0.25, -0.2) is 0 Å². The van der Waals surface area contributed by atoms with Crippen LogP contribution in [0.2, 0.25) is 0 Å². The zero-order valence-electron chi connectivity index (χ0n) is 11.9. The number of hydrogen-bond donors (Lipinski definition) is 1. The van der Waals surface area contributed by atoms with Crippen LogP contribution >= 0.6 is 0 Å². The minimum absolute atomic E-state index is 0.413. The monoisotopic (exact) mass is 263 g/mol. The lowest BCUT2D eigenvalue weighted by Crippen LogP contribution is -2.35. The third kappa shape index (κ3) is 3.56. The van der Waals surface area contributed by atoms with Crippen LogP contribution in [0.5, 0.6) is 0 Å². The number of rotatable bonds is 5. The minimum atomic E-state index is -1.10. The molecule has 1 aromatic rings. The third-order valence-electron chi connectivity index (χ3n) is 3.53. The summed E-state index contributed by atoms with van der Waals surface area (Å²) >= 11 is 0. The van der Waals surface area contributed by atoms with Crippen LogP contribution in [0.4, 0.5) is 5.69 Å². The molecule has 0 saturated carbocycles. The van der Waals surface area contributed by atoms with Gasteiger partial charge in [-0.2, -0.15) is 0 Å². The highest BCUT2D eigenvalue weighted by molar-refractivity contribution is 6.05. The second kappa shape index (κ2) is 6.36. The summed E-state index contributed by atoms with van der Waals surface area (Å²) in [4.78, 5) is 24.1. The standard InChI is InChI=1S/C15H21NO3/c1-5-10(2)12-6-8-13(9-7-12)16(4)14(17)11(3)15(18)19/h6-11H,5H2,1-4H3,(H,18,19). The Labute approximate surface area is 114 Å². The van der Waals surface area contributed by atoms with E-state index in [2.05, 4.69) is 13.8 Å². The Morgan fingerprint density at radius 3 is 2.16 bits per heavy atom. The van der Waals surface area contributed by atoms with Gasteiger partial charge in [-0.1, -0.05) is 26.0 Å². The molecule has 0 heterocycles. The summed E-state index contributed by atoms with van der Waals surface area (Å²) in [6.45, 7) is 5.67. The molecule has 4 heteroatoms. The first-order chi connectivity index (χ1) is 8.88. The van der Waals surface area contributed by atoms with E-state index in [1.165, 1.54) is 17.4 Å². The summed E-state index contributed by atoms with van der Waals surface area (Å²) in [5.74, 6) is -2.07. The smallest absolute Gasteiger partial charge is 0.315 e. The highest BCUT2D eigenvalue weighted by Gasteiger charge is 2.24. The Kier molecular flexibility index (Phi) is 5.10. The Hall–Kier alpha value is -1.84. The van der Waals surface area contributed by atoms with Crippen molar-refractivity contribution in [3.8, 4) is 0 Å². The van der Waals surface area contributed by atoms with Gasteiger partial charge < -0.3 is 10.0 Å². The summed E-state index contributed by atoms with van der Waals surface area (Å²) in [7, 11) is 1.60. The Balaban J connectivity index is 2.86. The number of carbonyl (C=O) groups excluding carboxylic acids is 1. The van der Waals surface area contributed by atoms with Crippen LogP contribution in [0.3, 0.4) is 0 Å². The topological polar surface area (TPSA) is 57.6 Å². The summed E-state index contributed by atoms with van der Waals surface area (Å²) in [5, 5.41) is 8.85. The van der Waals surface area contributed by atoms with Crippen LogP contribution in [0.1, 0.15) is 38.7 Å². The number of carboxylic acids is 1. The first kappa shape index (κ1) is 15.2. The van der Waals surface area contributed by atoms with Crippen LogP contribution < -0.4 is 4.90 Å². The molecule has 2 unspecified atom stereocenters. The van der Waals surface area contributed by atoms with Gasteiger partial charge in [0.2, 0.25) is 5.91 Å². The van der Waals surface area contributed by atoms with E-state index < -0.39 is 17.8 Å². The van der Waals surface area contributed by atoms with Gasteiger partial charge >= 0.3 is 5.97 Å². The Morgan fingerprint density at radius 1 is 1.21 bits per heavy atom. The van der Waals surface area contributed by atoms with Crippen LogP contribution in [-0.2, 0) is 9.59 Å². The SMILES string of the molecule is CCC(C)c1ccc(N(C)C(=O)C(C)C(=O)O)cc1. The summed E-state index contributed by atoms with van der Waals surface area (Å²) in [6.07, 6.45) is 1.06. The van der Waals surface area contributed by atoms with Gasteiger partial charge in [0, 0.05) is 12.7 Å². The molecule has 1 aromatic carbocycles. The molecular weight excluding hydrogens is 242 g/mol. The summed E-state index contributed by atoms with van der Waals surface area (Å²) in [5.41, 5.74) is 1.93. The highest BCUT2D eigenvalue weighted by Crippen LogP contribution is 2.22. The van der Waals surface area contributed by atoms with E-state index in [0.29, 0.717) is 11.6 Å². The minimum Gasteiger partial charge on any atom is -0.481 e.